The summed E-state index contributed by atoms with van der Waals surface area (Å²) in [6.07, 6.45) is 4.89. The summed E-state index contributed by atoms with van der Waals surface area (Å²) in [7, 11) is 0. The Morgan fingerprint density at radius 3 is 2.58 bits per heavy atom. The number of allylic oxidation sites excluding steroid dienone is 2. The molecular weight excluding hydrogens is 332 g/mol. The number of hydrogen-bond acceptors (Lipinski definition) is 3. The molecule has 7 heteroatoms. The van der Waals surface area contributed by atoms with Crippen molar-refractivity contribution in [3.63, 3.8) is 0 Å². The summed E-state index contributed by atoms with van der Waals surface area (Å²) in [5.74, 6) is -1.03. The lowest BCUT2D eigenvalue weighted by Gasteiger charge is -2.35. The third kappa shape index (κ3) is 2.79. The van der Waals surface area contributed by atoms with Crippen molar-refractivity contribution in [3.05, 3.63) is 33.7 Å². The van der Waals surface area contributed by atoms with E-state index in [0.29, 0.717) is 23.3 Å². The highest BCUT2D eigenvalue weighted by Crippen LogP contribution is 2.44. The lowest BCUT2D eigenvalue weighted by molar-refractivity contribution is -0.136. The van der Waals surface area contributed by atoms with Crippen LogP contribution in [0.4, 0.5) is 4.79 Å². The first-order valence-corrected chi connectivity index (χ1v) is 8.58. The zero-order valence-corrected chi connectivity index (χ0v) is 14.3. The second kappa shape index (κ2) is 6.51. The molecule has 0 radical (unpaired) electrons. The van der Waals surface area contributed by atoms with Gasteiger partial charge in [-0.3, -0.25) is 9.69 Å². The number of carbonyl (C=O) groups excluding carboxylic acids is 1. The van der Waals surface area contributed by atoms with E-state index >= 15 is 0 Å². The molecule has 1 saturated heterocycles. The number of carbonyl (C=O) groups is 2. The van der Waals surface area contributed by atoms with E-state index in [-0.39, 0.29) is 29.3 Å². The molecule has 3 aliphatic rings. The summed E-state index contributed by atoms with van der Waals surface area (Å²) in [4.78, 5) is 27.7. The third-order valence-corrected chi connectivity index (χ3v) is 5.32. The molecule has 2 aliphatic heterocycles. The number of fused-ring (bicyclic) bond motifs is 1. The molecular formula is C17H21ClN2O4. The van der Waals surface area contributed by atoms with Crippen molar-refractivity contribution in [1.82, 2.24) is 9.80 Å². The summed E-state index contributed by atoms with van der Waals surface area (Å²) in [6, 6.07) is -0.438. The van der Waals surface area contributed by atoms with Crippen LogP contribution >= 0.6 is 11.6 Å². The summed E-state index contributed by atoms with van der Waals surface area (Å²) >= 11 is 6.25. The number of piperidine rings is 1. The van der Waals surface area contributed by atoms with Crippen LogP contribution in [0.5, 0.6) is 0 Å². The molecule has 1 aliphatic carbocycles. The Bertz CT molecular complexity index is 674. The molecule has 1 fully saturated rings. The van der Waals surface area contributed by atoms with E-state index in [1.165, 1.54) is 0 Å². The third-order valence-electron chi connectivity index (χ3n) is 4.92. The number of halogens is 1. The number of urea groups is 1. The lowest BCUT2D eigenvalue weighted by Crippen LogP contribution is -2.47. The number of carboxylic acid groups (broad SMARTS) is 1. The fourth-order valence-electron chi connectivity index (χ4n) is 3.75. The minimum Gasteiger partial charge on any atom is -0.507 e. The first-order chi connectivity index (χ1) is 11.4. The number of aliphatic hydroxyl groups is 1. The van der Waals surface area contributed by atoms with E-state index in [1.54, 1.807) is 17.9 Å². The van der Waals surface area contributed by atoms with Gasteiger partial charge in [-0.2, -0.15) is 0 Å². The highest BCUT2D eigenvalue weighted by molar-refractivity contribution is 6.32. The van der Waals surface area contributed by atoms with Gasteiger partial charge in [-0.15, -0.1) is 0 Å². The largest absolute Gasteiger partial charge is 0.507 e. The molecule has 0 aromatic carbocycles. The molecule has 2 heterocycles. The molecule has 3 rings (SSSR count). The van der Waals surface area contributed by atoms with E-state index in [2.05, 4.69) is 0 Å². The minimum absolute atomic E-state index is 0.0501. The van der Waals surface area contributed by atoms with Crippen LogP contribution in [-0.4, -0.2) is 51.1 Å². The molecule has 1 unspecified atom stereocenters. The standard InChI is InChI=1S/C17H21ClN2O4/c1-10-11(9-14(22)23)15-12(5-6-13(21)16(15)18)20(10)17(24)19-7-3-2-4-8-19/h6,12,21H,2-5,7-9H2,1H3,(H,22,23). The fourth-order valence-corrected chi connectivity index (χ4v) is 4.06. The second-order valence-corrected chi connectivity index (χ2v) is 6.78. The van der Waals surface area contributed by atoms with E-state index in [0.717, 1.165) is 32.4 Å². The van der Waals surface area contributed by atoms with Gasteiger partial charge in [0.15, 0.2) is 0 Å². The number of rotatable bonds is 2. The van der Waals surface area contributed by atoms with Crippen LogP contribution in [0.25, 0.3) is 0 Å². The molecule has 0 aromatic heterocycles. The number of amides is 2. The van der Waals surface area contributed by atoms with E-state index < -0.39 is 5.97 Å². The monoisotopic (exact) mass is 352 g/mol. The van der Waals surface area contributed by atoms with E-state index in [4.69, 9.17) is 11.6 Å². The zero-order chi connectivity index (χ0) is 17.4. The van der Waals surface area contributed by atoms with Crippen LogP contribution in [0.2, 0.25) is 0 Å². The van der Waals surface area contributed by atoms with Crippen LogP contribution in [0.1, 0.15) is 39.0 Å². The maximum Gasteiger partial charge on any atom is 0.324 e. The van der Waals surface area contributed by atoms with Crippen LogP contribution in [0, 0.1) is 0 Å². The zero-order valence-electron chi connectivity index (χ0n) is 13.6. The first-order valence-electron chi connectivity index (χ1n) is 8.21. The van der Waals surface area contributed by atoms with Gasteiger partial charge in [0.25, 0.3) is 0 Å². The van der Waals surface area contributed by atoms with Crippen molar-refractivity contribution < 1.29 is 19.8 Å². The SMILES string of the molecule is CC1=C(CC(=O)O)C2=C(Cl)C(O)=CCC2N1C(=O)N1CCCCC1. The average molecular weight is 353 g/mol. The van der Waals surface area contributed by atoms with E-state index in [1.807, 2.05) is 4.90 Å². The molecule has 0 bridgehead atoms. The predicted molar refractivity (Wildman–Crippen MR) is 89.6 cm³/mol. The number of aliphatic hydroxyl groups excluding tert-OH is 1. The second-order valence-electron chi connectivity index (χ2n) is 6.40. The highest BCUT2D eigenvalue weighted by Gasteiger charge is 2.43. The topological polar surface area (TPSA) is 81.1 Å². The molecule has 2 N–H and O–H groups in total. The number of carboxylic acids is 1. The Labute approximate surface area is 145 Å². The molecule has 0 saturated carbocycles. The van der Waals surface area contributed by atoms with Gasteiger partial charge in [-0.05, 0) is 44.3 Å². The smallest absolute Gasteiger partial charge is 0.324 e. The number of nitrogens with zero attached hydrogens (tertiary/aromatic N) is 2. The molecule has 2 amide bonds. The van der Waals surface area contributed by atoms with Crippen molar-refractivity contribution in [3.8, 4) is 0 Å². The van der Waals surface area contributed by atoms with Gasteiger partial charge in [0, 0.05) is 24.4 Å². The Morgan fingerprint density at radius 1 is 1.29 bits per heavy atom. The van der Waals surface area contributed by atoms with Gasteiger partial charge in [-0.1, -0.05) is 11.6 Å². The Balaban J connectivity index is 1.99. The van der Waals surface area contributed by atoms with Gasteiger partial charge < -0.3 is 15.1 Å². The van der Waals surface area contributed by atoms with Crippen molar-refractivity contribution in [2.24, 2.45) is 0 Å². The van der Waals surface area contributed by atoms with Crippen molar-refractivity contribution >= 4 is 23.6 Å². The number of likely N-dealkylation sites (tertiary alicyclic amines) is 1. The first kappa shape index (κ1) is 16.9. The summed E-state index contributed by atoms with van der Waals surface area (Å²) in [5.41, 5.74) is 1.72. The molecule has 0 spiro atoms. The van der Waals surface area contributed by atoms with Gasteiger partial charge >= 0.3 is 12.0 Å². The summed E-state index contributed by atoms with van der Waals surface area (Å²) in [5, 5.41) is 19.3. The molecule has 24 heavy (non-hydrogen) atoms. The Morgan fingerprint density at radius 2 is 1.96 bits per heavy atom. The summed E-state index contributed by atoms with van der Waals surface area (Å²) in [6.45, 7) is 3.20. The lowest BCUT2D eigenvalue weighted by atomic mass is 9.92. The van der Waals surface area contributed by atoms with Crippen molar-refractivity contribution in [2.45, 2.75) is 45.1 Å². The van der Waals surface area contributed by atoms with Crippen LogP contribution in [-0.2, 0) is 4.79 Å². The number of hydrogen-bond donors (Lipinski definition) is 2. The summed E-state index contributed by atoms with van der Waals surface area (Å²) < 4.78 is 0. The van der Waals surface area contributed by atoms with Crippen molar-refractivity contribution in [2.75, 3.05) is 13.1 Å². The average Bonchev–Trinajstić information content (AvgIpc) is 2.83. The number of aliphatic carboxylic acids is 1. The van der Waals surface area contributed by atoms with Crippen molar-refractivity contribution in [1.29, 1.82) is 0 Å². The molecule has 0 aromatic rings. The van der Waals surface area contributed by atoms with Gasteiger partial charge in [0.1, 0.15) is 5.76 Å². The maximum absolute atomic E-state index is 13.0. The Kier molecular flexibility index (Phi) is 4.58. The minimum atomic E-state index is -0.985. The molecule has 130 valence electrons. The normalized spacial score (nSPS) is 24.2. The predicted octanol–water partition coefficient (Wildman–Crippen LogP) is 3.36. The van der Waals surface area contributed by atoms with E-state index in [9.17, 15) is 19.8 Å². The van der Waals surface area contributed by atoms with Gasteiger partial charge in [0.05, 0.1) is 17.5 Å². The van der Waals surface area contributed by atoms with Crippen LogP contribution in [0.3, 0.4) is 0 Å². The maximum atomic E-state index is 13.0. The highest BCUT2D eigenvalue weighted by atomic mass is 35.5. The fraction of sp³-hybridized carbons (Fsp3) is 0.529. The Hall–Kier alpha value is -1.95. The van der Waals surface area contributed by atoms with Gasteiger partial charge in [-0.25, -0.2) is 4.79 Å². The van der Waals surface area contributed by atoms with Crippen LogP contribution < -0.4 is 0 Å². The van der Waals surface area contributed by atoms with Crippen LogP contribution in [0.15, 0.2) is 33.7 Å². The molecule has 1 atom stereocenters. The van der Waals surface area contributed by atoms with Gasteiger partial charge in [0.2, 0.25) is 0 Å². The quantitative estimate of drug-likeness (QED) is 0.798. The molecule has 6 nitrogen and oxygen atoms in total.